The van der Waals surface area contributed by atoms with Gasteiger partial charge in [-0.3, -0.25) is 0 Å². The van der Waals surface area contributed by atoms with Gasteiger partial charge in [0.15, 0.2) is 5.69 Å². The topological polar surface area (TPSA) is 90.1 Å². The summed E-state index contributed by atoms with van der Waals surface area (Å²) in [5.41, 5.74) is 2.63. The first-order valence-corrected chi connectivity index (χ1v) is 5.99. The van der Waals surface area contributed by atoms with Crippen molar-refractivity contribution in [3.05, 3.63) is 53.0 Å². The lowest BCUT2D eigenvalue weighted by Crippen LogP contribution is -2.16. The maximum atomic E-state index is 11.0. The number of carboxylic acid groups (broad SMARTS) is 1. The number of aromatic carboxylic acids is 1. The van der Waals surface area contributed by atoms with Gasteiger partial charge in [-0.25, -0.2) is 14.8 Å². The van der Waals surface area contributed by atoms with Crippen molar-refractivity contribution < 1.29 is 9.90 Å². The van der Waals surface area contributed by atoms with Gasteiger partial charge >= 0.3 is 5.97 Å². The van der Waals surface area contributed by atoms with E-state index < -0.39 is 5.97 Å². The van der Waals surface area contributed by atoms with Crippen LogP contribution in [-0.4, -0.2) is 21.0 Å². The summed E-state index contributed by atoms with van der Waals surface area (Å²) in [6.07, 6.45) is 2.99. The van der Waals surface area contributed by atoms with Crippen LogP contribution in [0.5, 0.6) is 0 Å². The third kappa shape index (κ3) is 2.06. The van der Waals surface area contributed by atoms with Gasteiger partial charge in [-0.2, -0.15) is 5.26 Å². The van der Waals surface area contributed by atoms with E-state index in [0.717, 1.165) is 11.1 Å². The Labute approximate surface area is 114 Å². The fourth-order valence-electron chi connectivity index (χ4n) is 2.23. The standard InChI is InChI=1S/C14H10N4O2/c15-4-12-5-17-13(6-16-12)18-7-10-2-1-9(14(19)20)3-11(10)8-18/h1-3,5-6H,7-8H2,(H,19,20). The van der Waals surface area contributed by atoms with Crippen molar-refractivity contribution in [2.24, 2.45) is 0 Å². The fourth-order valence-corrected chi connectivity index (χ4v) is 2.23. The molecule has 1 aliphatic rings. The van der Waals surface area contributed by atoms with Crippen LogP contribution < -0.4 is 4.90 Å². The van der Waals surface area contributed by atoms with Gasteiger partial charge < -0.3 is 10.0 Å². The van der Waals surface area contributed by atoms with E-state index in [2.05, 4.69) is 9.97 Å². The number of anilines is 1. The number of carbonyl (C=O) groups is 1. The van der Waals surface area contributed by atoms with Crippen LogP contribution in [0.2, 0.25) is 0 Å². The summed E-state index contributed by atoms with van der Waals surface area (Å²) in [5.74, 6) is -0.249. The Bertz CT molecular complexity index is 719. The summed E-state index contributed by atoms with van der Waals surface area (Å²) in [4.78, 5) is 21.1. The van der Waals surface area contributed by atoms with E-state index >= 15 is 0 Å². The second-order valence-electron chi connectivity index (χ2n) is 4.52. The van der Waals surface area contributed by atoms with Crippen molar-refractivity contribution in [3.8, 4) is 6.07 Å². The van der Waals surface area contributed by atoms with Crippen molar-refractivity contribution in [2.75, 3.05) is 4.90 Å². The molecular formula is C14H10N4O2. The van der Waals surface area contributed by atoms with Crippen molar-refractivity contribution in [3.63, 3.8) is 0 Å². The van der Waals surface area contributed by atoms with Gasteiger partial charge in [0, 0.05) is 13.1 Å². The molecule has 0 spiro atoms. The van der Waals surface area contributed by atoms with E-state index in [1.165, 1.54) is 6.20 Å². The van der Waals surface area contributed by atoms with Crippen LogP contribution in [0.3, 0.4) is 0 Å². The zero-order valence-electron chi connectivity index (χ0n) is 10.4. The zero-order valence-corrected chi connectivity index (χ0v) is 10.4. The van der Waals surface area contributed by atoms with E-state index in [0.29, 0.717) is 18.9 Å². The second kappa shape index (κ2) is 4.63. The second-order valence-corrected chi connectivity index (χ2v) is 4.52. The van der Waals surface area contributed by atoms with Gasteiger partial charge in [0.05, 0.1) is 18.0 Å². The summed E-state index contributed by atoms with van der Waals surface area (Å²) in [6, 6.07) is 7.05. The number of hydrogen-bond donors (Lipinski definition) is 1. The number of rotatable bonds is 2. The molecule has 6 heteroatoms. The molecule has 1 aliphatic heterocycles. The summed E-state index contributed by atoms with van der Waals surface area (Å²) in [5, 5.41) is 17.7. The summed E-state index contributed by atoms with van der Waals surface area (Å²) >= 11 is 0. The lowest BCUT2D eigenvalue weighted by atomic mass is 10.1. The van der Waals surface area contributed by atoms with Crippen molar-refractivity contribution in [1.29, 1.82) is 5.26 Å². The zero-order chi connectivity index (χ0) is 14.1. The molecule has 0 aliphatic carbocycles. The molecule has 1 aromatic carbocycles. The molecule has 98 valence electrons. The molecule has 0 unspecified atom stereocenters. The van der Waals surface area contributed by atoms with E-state index in [1.54, 1.807) is 18.3 Å². The van der Waals surface area contributed by atoms with Crippen LogP contribution in [0, 0.1) is 11.3 Å². The van der Waals surface area contributed by atoms with Gasteiger partial charge in [-0.05, 0) is 23.3 Å². The molecule has 3 rings (SSSR count). The first-order chi connectivity index (χ1) is 9.67. The molecule has 0 bridgehead atoms. The maximum Gasteiger partial charge on any atom is 0.335 e. The van der Waals surface area contributed by atoms with Gasteiger partial charge in [0.1, 0.15) is 11.9 Å². The van der Waals surface area contributed by atoms with Crippen LogP contribution in [-0.2, 0) is 13.1 Å². The Morgan fingerprint density at radius 1 is 1.25 bits per heavy atom. The van der Waals surface area contributed by atoms with Crippen molar-refractivity contribution in [1.82, 2.24) is 9.97 Å². The molecule has 0 fully saturated rings. The van der Waals surface area contributed by atoms with E-state index in [9.17, 15) is 4.79 Å². The van der Waals surface area contributed by atoms with Crippen LogP contribution in [0.4, 0.5) is 5.82 Å². The predicted octanol–water partition coefficient (Wildman–Crippen LogP) is 1.57. The van der Waals surface area contributed by atoms with Gasteiger partial charge in [0.2, 0.25) is 0 Å². The summed E-state index contributed by atoms with van der Waals surface area (Å²) in [6.45, 7) is 1.26. The molecule has 1 N–H and O–H groups in total. The molecule has 0 saturated carbocycles. The van der Waals surface area contributed by atoms with Gasteiger partial charge in [-0.1, -0.05) is 6.07 Å². The van der Waals surface area contributed by atoms with Gasteiger partial charge in [-0.15, -0.1) is 0 Å². The Morgan fingerprint density at radius 3 is 2.70 bits per heavy atom. The molecule has 1 aromatic heterocycles. The number of carboxylic acids is 1. The SMILES string of the molecule is N#Cc1cnc(N2Cc3ccc(C(=O)O)cc3C2)cn1. The number of nitrogens with zero attached hydrogens (tertiary/aromatic N) is 4. The summed E-state index contributed by atoms with van der Waals surface area (Å²) in [7, 11) is 0. The monoisotopic (exact) mass is 266 g/mol. The molecule has 2 aromatic rings. The first kappa shape index (κ1) is 12.1. The quantitative estimate of drug-likeness (QED) is 0.887. The minimum absolute atomic E-state index is 0.277. The molecule has 2 heterocycles. The Kier molecular flexibility index (Phi) is 2.80. The largest absolute Gasteiger partial charge is 0.478 e. The van der Waals surface area contributed by atoms with Crippen molar-refractivity contribution >= 4 is 11.8 Å². The highest BCUT2D eigenvalue weighted by Gasteiger charge is 2.21. The average Bonchev–Trinajstić information content (AvgIpc) is 2.90. The molecule has 20 heavy (non-hydrogen) atoms. The number of benzene rings is 1. The minimum Gasteiger partial charge on any atom is -0.478 e. The molecule has 0 radical (unpaired) electrons. The normalized spacial score (nSPS) is 12.8. The highest BCUT2D eigenvalue weighted by Crippen LogP contribution is 2.27. The first-order valence-electron chi connectivity index (χ1n) is 5.99. The molecule has 0 amide bonds. The maximum absolute atomic E-state index is 11.0. The Morgan fingerprint density at radius 2 is 2.05 bits per heavy atom. The number of hydrogen-bond acceptors (Lipinski definition) is 5. The van der Waals surface area contributed by atoms with Crippen LogP contribution in [0.15, 0.2) is 30.6 Å². The smallest absolute Gasteiger partial charge is 0.335 e. The fraction of sp³-hybridized carbons (Fsp3) is 0.143. The molecular weight excluding hydrogens is 256 g/mol. The van der Waals surface area contributed by atoms with E-state index in [1.807, 2.05) is 17.0 Å². The lowest BCUT2D eigenvalue weighted by Gasteiger charge is -2.15. The molecule has 0 atom stereocenters. The van der Waals surface area contributed by atoms with E-state index in [4.69, 9.17) is 10.4 Å². The molecule has 6 nitrogen and oxygen atoms in total. The highest BCUT2D eigenvalue weighted by atomic mass is 16.4. The third-order valence-electron chi connectivity index (χ3n) is 3.25. The molecule has 0 saturated heterocycles. The van der Waals surface area contributed by atoms with Crippen LogP contribution >= 0.6 is 0 Å². The summed E-state index contributed by atoms with van der Waals surface area (Å²) < 4.78 is 0. The average molecular weight is 266 g/mol. The number of aromatic nitrogens is 2. The Balaban J connectivity index is 1.86. The van der Waals surface area contributed by atoms with Crippen LogP contribution in [0.25, 0.3) is 0 Å². The highest BCUT2D eigenvalue weighted by molar-refractivity contribution is 5.88. The van der Waals surface area contributed by atoms with Crippen LogP contribution in [0.1, 0.15) is 27.2 Å². The van der Waals surface area contributed by atoms with E-state index in [-0.39, 0.29) is 11.3 Å². The Hall–Kier alpha value is -2.94. The minimum atomic E-state index is -0.926. The van der Waals surface area contributed by atoms with Gasteiger partial charge in [0.25, 0.3) is 0 Å². The predicted molar refractivity (Wildman–Crippen MR) is 70.0 cm³/mol. The number of nitriles is 1. The third-order valence-corrected chi connectivity index (χ3v) is 3.25. The van der Waals surface area contributed by atoms with Crippen molar-refractivity contribution in [2.45, 2.75) is 13.1 Å². The lowest BCUT2D eigenvalue weighted by molar-refractivity contribution is 0.0697. The number of fused-ring (bicyclic) bond motifs is 1.